The van der Waals surface area contributed by atoms with Crippen LogP contribution in [0.3, 0.4) is 0 Å². The molecule has 0 saturated heterocycles. The zero-order valence-corrected chi connectivity index (χ0v) is 40.2. The van der Waals surface area contributed by atoms with E-state index >= 15 is 0 Å². The third-order valence-electron chi connectivity index (χ3n) is 15.4. The van der Waals surface area contributed by atoms with Crippen LogP contribution < -0.4 is 4.90 Å². The van der Waals surface area contributed by atoms with E-state index in [1.807, 2.05) is 6.07 Å². The second-order valence-corrected chi connectivity index (χ2v) is 20.2. The molecule has 3 heteroatoms. The van der Waals surface area contributed by atoms with Crippen LogP contribution in [-0.2, 0) is 10.8 Å². The number of furan rings is 1. The van der Waals surface area contributed by atoms with Crippen molar-refractivity contribution in [2.24, 2.45) is 0 Å². The zero-order chi connectivity index (χ0) is 47.3. The fourth-order valence-electron chi connectivity index (χ4n) is 11.8. The van der Waals surface area contributed by atoms with E-state index in [2.05, 4.69) is 262 Å². The van der Waals surface area contributed by atoms with E-state index in [4.69, 9.17) is 4.42 Å². The first-order chi connectivity index (χ1) is 34.1. The summed E-state index contributed by atoms with van der Waals surface area (Å²) in [5.41, 5.74) is 22.2. The molecule has 0 radical (unpaired) electrons. The third kappa shape index (κ3) is 6.42. The second-order valence-electron chi connectivity index (χ2n) is 20.2. The number of hydrogen-bond acceptors (Lipinski definition) is 2. The lowest BCUT2D eigenvalue weighted by molar-refractivity contribution is 0.637. The summed E-state index contributed by atoms with van der Waals surface area (Å²) in [7, 11) is 0. The Hall–Kier alpha value is -8.40. The van der Waals surface area contributed by atoms with Crippen molar-refractivity contribution in [3.63, 3.8) is 0 Å². The highest BCUT2D eigenvalue weighted by molar-refractivity contribution is 6.11. The van der Waals surface area contributed by atoms with Crippen molar-refractivity contribution < 1.29 is 4.42 Å². The van der Waals surface area contributed by atoms with Crippen LogP contribution in [0.4, 0.5) is 17.1 Å². The summed E-state index contributed by atoms with van der Waals surface area (Å²) in [4.78, 5) is 2.44. The molecule has 2 heterocycles. The van der Waals surface area contributed by atoms with E-state index in [0.717, 1.165) is 55.8 Å². The Bertz CT molecular complexity index is 4000. The topological polar surface area (TPSA) is 21.3 Å². The summed E-state index contributed by atoms with van der Waals surface area (Å²) < 4.78 is 8.93. The maximum absolute atomic E-state index is 6.50. The van der Waals surface area contributed by atoms with Crippen molar-refractivity contribution in [2.45, 2.75) is 45.4 Å². The Morgan fingerprint density at radius 2 is 1.11 bits per heavy atom. The van der Waals surface area contributed by atoms with Crippen LogP contribution in [0.25, 0.3) is 82.8 Å². The predicted molar refractivity (Wildman–Crippen MR) is 294 cm³/mol. The number of anilines is 3. The Morgan fingerprint density at radius 3 is 1.91 bits per heavy atom. The van der Waals surface area contributed by atoms with E-state index < -0.39 is 0 Å². The van der Waals surface area contributed by atoms with E-state index in [1.165, 1.54) is 71.9 Å². The van der Waals surface area contributed by atoms with Gasteiger partial charge in [-0.2, -0.15) is 0 Å². The van der Waals surface area contributed by atoms with Gasteiger partial charge in [0, 0.05) is 60.6 Å². The minimum absolute atomic E-state index is 0.131. The molecule has 13 rings (SSSR count). The van der Waals surface area contributed by atoms with Crippen molar-refractivity contribution >= 4 is 60.8 Å². The number of aromatic nitrogens is 1. The lowest BCUT2D eigenvalue weighted by Gasteiger charge is -2.29. The zero-order valence-electron chi connectivity index (χ0n) is 40.2. The summed E-state index contributed by atoms with van der Waals surface area (Å²) in [6.45, 7) is 11.6. The fraction of sp³-hybridized carbons (Fsp3) is 0.104. The smallest absolute Gasteiger partial charge is 0.143 e. The maximum atomic E-state index is 6.50. The molecule has 1 aliphatic rings. The molecular weight excluding hydrogens is 849 g/mol. The van der Waals surface area contributed by atoms with E-state index in [1.54, 1.807) is 0 Å². The quantitative estimate of drug-likeness (QED) is 0.152. The molecule has 10 aromatic carbocycles. The van der Waals surface area contributed by atoms with Gasteiger partial charge in [0.05, 0.1) is 16.7 Å². The van der Waals surface area contributed by atoms with Gasteiger partial charge in [0.1, 0.15) is 11.2 Å². The van der Waals surface area contributed by atoms with Crippen molar-refractivity contribution in [1.82, 2.24) is 4.57 Å². The maximum Gasteiger partial charge on any atom is 0.143 e. The predicted octanol–water partition coefficient (Wildman–Crippen LogP) is 18.4. The van der Waals surface area contributed by atoms with Crippen molar-refractivity contribution in [1.29, 1.82) is 0 Å². The number of aryl methyl sites for hydroxylation is 1. The van der Waals surface area contributed by atoms with Gasteiger partial charge in [0.25, 0.3) is 0 Å². The lowest BCUT2D eigenvalue weighted by Crippen LogP contribution is -2.20. The van der Waals surface area contributed by atoms with Crippen LogP contribution in [0.1, 0.15) is 55.5 Å². The number of nitrogens with zero attached hydrogens (tertiary/aromatic N) is 2. The van der Waals surface area contributed by atoms with Crippen LogP contribution in [0.15, 0.2) is 229 Å². The molecule has 70 heavy (non-hydrogen) atoms. The summed E-state index contributed by atoms with van der Waals surface area (Å²) in [6, 6.07) is 82.4. The number of para-hydroxylation sites is 3. The fourth-order valence-corrected chi connectivity index (χ4v) is 11.8. The Labute approximate surface area is 409 Å². The minimum atomic E-state index is -0.177. The molecular formula is C67H52N2O. The molecule has 0 spiro atoms. The number of benzene rings is 10. The highest BCUT2D eigenvalue weighted by Gasteiger charge is 2.38. The van der Waals surface area contributed by atoms with Gasteiger partial charge in [-0.15, -0.1) is 0 Å². The molecule has 0 bridgehead atoms. The van der Waals surface area contributed by atoms with Gasteiger partial charge in [-0.25, -0.2) is 0 Å². The number of hydrogen-bond donors (Lipinski definition) is 0. The normalized spacial score (nSPS) is 13.0. The second kappa shape index (κ2) is 15.8. The Balaban J connectivity index is 0.930. The number of fused-ring (bicyclic) bond motifs is 9. The van der Waals surface area contributed by atoms with Gasteiger partial charge in [-0.1, -0.05) is 185 Å². The first-order valence-electron chi connectivity index (χ1n) is 24.5. The van der Waals surface area contributed by atoms with Crippen molar-refractivity contribution in [3.8, 4) is 39.1 Å². The average Bonchev–Trinajstić information content (AvgIpc) is 4.02. The van der Waals surface area contributed by atoms with E-state index in [0.29, 0.717) is 0 Å². The highest BCUT2D eigenvalue weighted by atomic mass is 16.3. The molecule has 0 saturated carbocycles. The van der Waals surface area contributed by atoms with Crippen molar-refractivity contribution in [2.75, 3.05) is 4.90 Å². The first-order valence-corrected chi connectivity index (χ1v) is 24.5. The van der Waals surface area contributed by atoms with Crippen molar-refractivity contribution in [3.05, 3.63) is 252 Å². The van der Waals surface area contributed by atoms with Gasteiger partial charge < -0.3 is 13.9 Å². The largest absolute Gasteiger partial charge is 0.455 e. The van der Waals surface area contributed by atoms with Gasteiger partial charge in [-0.3, -0.25) is 0 Å². The van der Waals surface area contributed by atoms with E-state index in [-0.39, 0.29) is 10.8 Å². The van der Waals surface area contributed by atoms with Gasteiger partial charge >= 0.3 is 0 Å². The summed E-state index contributed by atoms with van der Waals surface area (Å²) in [5.74, 6) is 0. The van der Waals surface area contributed by atoms with Crippen LogP contribution in [-0.4, -0.2) is 4.57 Å². The summed E-state index contributed by atoms with van der Waals surface area (Å²) in [5, 5.41) is 4.75. The number of rotatable bonds is 8. The molecule has 0 amide bonds. The van der Waals surface area contributed by atoms with Crippen LogP contribution in [0.2, 0.25) is 0 Å². The lowest BCUT2D eigenvalue weighted by atomic mass is 9.76. The third-order valence-corrected chi connectivity index (χ3v) is 15.4. The Morgan fingerprint density at radius 1 is 0.471 bits per heavy atom. The molecule has 12 aromatic rings. The van der Waals surface area contributed by atoms with E-state index in [9.17, 15) is 0 Å². The monoisotopic (exact) mass is 900 g/mol. The Kier molecular flexibility index (Phi) is 9.45. The average molecular weight is 901 g/mol. The molecule has 0 atom stereocenters. The highest BCUT2D eigenvalue weighted by Crippen LogP contribution is 2.54. The molecule has 0 N–H and O–H groups in total. The SMILES string of the molecule is Cc1ccccc1C(C)(C)c1ccc2c3cc(-c4ccc(N(c5ccc(-c6cccc7c6oc6ccccc67)cc5)c5cccc6c5-c5ccccc5C6(C)C)cc4)ccc3n(-c3ccccc3)c2c1. The van der Waals surface area contributed by atoms with Crippen LogP contribution in [0, 0.1) is 6.92 Å². The molecule has 1 aliphatic carbocycles. The molecule has 0 unspecified atom stereocenters. The molecule has 336 valence electrons. The summed E-state index contributed by atoms with van der Waals surface area (Å²) in [6.07, 6.45) is 0. The van der Waals surface area contributed by atoms with Crippen LogP contribution >= 0.6 is 0 Å². The molecule has 2 aromatic heterocycles. The first kappa shape index (κ1) is 41.8. The van der Waals surface area contributed by atoms with Gasteiger partial charge in [-0.05, 0) is 124 Å². The van der Waals surface area contributed by atoms with Gasteiger partial charge in [0.15, 0.2) is 0 Å². The molecule has 3 nitrogen and oxygen atoms in total. The van der Waals surface area contributed by atoms with Crippen LogP contribution in [0.5, 0.6) is 0 Å². The molecule has 0 fully saturated rings. The summed E-state index contributed by atoms with van der Waals surface area (Å²) >= 11 is 0. The minimum Gasteiger partial charge on any atom is -0.455 e. The standard InChI is InChI=1S/C67H52N2O/c1-43-17-9-12-24-57(43)66(2,3)47-34-39-52-56-41-46(33-40-60(56)69(62(52)42-47)48-18-7-6-8-19-48)44-29-35-49(36-30-44)68(61-27-16-26-59-64(61)55-21-10-13-25-58(55)67(59,4)5)50-37-31-45(32-38-50)51-22-15-23-54-53-20-11-14-28-63(53)70-65(51)54/h6-42H,1-5H3. The molecule has 0 aliphatic heterocycles. The van der Waals surface area contributed by atoms with Gasteiger partial charge in [0.2, 0.25) is 0 Å².